The fourth-order valence-corrected chi connectivity index (χ4v) is 3.20. The van der Waals surface area contributed by atoms with Crippen molar-refractivity contribution in [1.29, 1.82) is 0 Å². The molecule has 162 valence electrons. The van der Waals surface area contributed by atoms with Crippen LogP contribution in [0.15, 0.2) is 54.7 Å². The molecule has 0 bridgehead atoms. The molecule has 0 saturated heterocycles. The van der Waals surface area contributed by atoms with Gasteiger partial charge < -0.3 is 19.8 Å². The molecule has 3 aromatic rings. The molecule has 1 atom stereocenters. The Labute approximate surface area is 180 Å². The lowest BCUT2D eigenvalue weighted by atomic mass is 10.0. The van der Waals surface area contributed by atoms with Crippen LogP contribution in [0.4, 0.5) is 0 Å². The van der Waals surface area contributed by atoms with Crippen LogP contribution < -0.4 is 10.1 Å². The summed E-state index contributed by atoms with van der Waals surface area (Å²) in [7, 11) is 0. The predicted octanol–water partition coefficient (Wildman–Crippen LogP) is 3.75. The molecule has 2 aromatic carbocycles. The molecular weight excluding hydrogens is 396 g/mol. The van der Waals surface area contributed by atoms with Gasteiger partial charge in [0.2, 0.25) is 5.78 Å². The molecule has 0 fully saturated rings. The summed E-state index contributed by atoms with van der Waals surface area (Å²) in [5, 5.41) is 3.47. The Balaban J connectivity index is 1.62. The second-order valence-corrected chi connectivity index (χ2v) is 7.43. The van der Waals surface area contributed by atoms with Gasteiger partial charge in [0.05, 0.1) is 6.61 Å². The van der Waals surface area contributed by atoms with Crippen molar-refractivity contribution >= 4 is 28.6 Å². The van der Waals surface area contributed by atoms with Crippen LogP contribution in [-0.2, 0) is 9.53 Å². The topological polar surface area (TPSA) is 97.5 Å². The van der Waals surface area contributed by atoms with Gasteiger partial charge in [-0.3, -0.25) is 9.59 Å². The van der Waals surface area contributed by atoms with E-state index in [1.165, 1.54) is 0 Å². The quantitative estimate of drug-likeness (QED) is 0.404. The zero-order valence-corrected chi connectivity index (χ0v) is 17.8. The van der Waals surface area contributed by atoms with Crippen molar-refractivity contribution < 1.29 is 23.9 Å². The third-order valence-corrected chi connectivity index (χ3v) is 4.87. The Morgan fingerprint density at radius 1 is 1.03 bits per heavy atom. The number of ketones is 1. The lowest BCUT2D eigenvalue weighted by Gasteiger charge is -2.20. The van der Waals surface area contributed by atoms with Gasteiger partial charge in [-0.25, -0.2) is 4.79 Å². The SMILES string of the molecule is CCOc1ccc(C(=O)NC(C(=O)OCC(=O)c2c[nH]c3ccccc23)C(C)C)cc1. The Morgan fingerprint density at radius 2 is 1.74 bits per heavy atom. The molecule has 0 aliphatic rings. The Morgan fingerprint density at radius 3 is 2.42 bits per heavy atom. The minimum atomic E-state index is -0.880. The molecule has 7 nitrogen and oxygen atoms in total. The van der Waals surface area contributed by atoms with Crippen LogP contribution in [0.3, 0.4) is 0 Å². The first-order chi connectivity index (χ1) is 14.9. The number of para-hydroxylation sites is 1. The van der Waals surface area contributed by atoms with Gasteiger partial charge in [0.1, 0.15) is 11.8 Å². The van der Waals surface area contributed by atoms with Gasteiger partial charge in [0.15, 0.2) is 6.61 Å². The number of amides is 1. The number of aromatic amines is 1. The highest BCUT2D eigenvalue weighted by Crippen LogP contribution is 2.18. The number of hydrogen-bond acceptors (Lipinski definition) is 5. The summed E-state index contributed by atoms with van der Waals surface area (Å²) in [5.74, 6) is -0.924. The predicted molar refractivity (Wildman–Crippen MR) is 117 cm³/mol. The molecule has 0 radical (unpaired) electrons. The molecule has 0 aliphatic carbocycles. The largest absolute Gasteiger partial charge is 0.494 e. The van der Waals surface area contributed by atoms with E-state index in [0.29, 0.717) is 23.5 Å². The van der Waals surface area contributed by atoms with Gasteiger partial charge in [-0.1, -0.05) is 32.0 Å². The smallest absolute Gasteiger partial charge is 0.329 e. The summed E-state index contributed by atoms with van der Waals surface area (Å²) in [6, 6.07) is 13.2. The molecule has 31 heavy (non-hydrogen) atoms. The standard InChI is InChI=1S/C24H26N2O5/c1-4-30-17-11-9-16(10-12-17)23(28)26-22(15(2)3)24(29)31-14-21(27)19-13-25-20-8-6-5-7-18(19)20/h5-13,15,22,25H,4,14H2,1-3H3,(H,26,28). The van der Waals surface area contributed by atoms with Gasteiger partial charge in [-0.15, -0.1) is 0 Å². The molecule has 7 heteroatoms. The van der Waals surface area contributed by atoms with E-state index in [1.54, 1.807) is 44.3 Å². The van der Waals surface area contributed by atoms with Crippen LogP contribution in [0, 0.1) is 5.92 Å². The van der Waals surface area contributed by atoms with Crippen molar-refractivity contribution in [3.63, 3.8) is 0 Å². The van der Waals surface area contributed by atoms with Crippen LogP contribution in [0.2, 0.25) is 0 Å². The summed E-state index contributed by atoms with van der Waals surface area (Å²) in [6.45, 7) is 5.60. The summed E-state index contributed by atoms with van der Waals surface area (Å²) in [6.07, 6.45) is 1.61. The zero-order valence-electron chi connectivity index (χ0n) is 17.8. The fraction of sp³-hybridized carbons (Fsp3) is 0.292. The number of fused-ring (bicyclic) bond motifs is 1. The molecule has 1 aromatic heterocycles. The van der Waals surface area contributed by atoms with Crippen molar-refractivity contribution in [2.24, 2.45) is 5.92 Å². The van der Waals surface area contributed by atoms with E-state index >= 15 is 0 Å². The van der Waals surface area contributed by atoms with Gasteiger partial charge in [0, 0.05) is 28.2 Å². The maximum absolute atomic E-state index is 12.6. The molecule has 3 rings (SSSR count). The van der Waals surface area contributed by atoms with Crippen molar-refractivity contribution in [3.05, 3.63) is 65.9 Å². The number of carbonyl (C=O) groups excluding carboxylic acids is 3. The number of H-pyrrole nitrogens is 1. The Kier molecular flexibility index (Phi) is 7.07. The number of hydrogen-bond donors (Lipinski definition) is 2. The lowest BCUT2D eigenvalue weighted by Crippen LogP contribution is -2.45. The number of benzene rings is 2. The highest BCUT2D eigenvalue weighted by molar-refractivity contribution is 6.09. The third-order valence-electron chi connectivity index (χ3n) is 4.87. The average Bonchev–Trinajstić information content (AvgIpc) is 3.20. The maximum atomic E-state index is 12.6. The third kappa shape index (κ3) is 5.31. The van der Waals surface area contributed by atoms with Crippen LogP contribution in [0.25, 0.3) is 10.9 Å². The van der Waals surface area contributed by atoms with Crippen molar-refractivity contribution in [1.82, 2.24) is 10.3 Å². The van der Waals surface area contributed by atoms with Crippen LogP contribution in [0.5, 0.6) is 5.75 Å². The normalized spacial score (nSPS) is 11.9. The zero-order chi connectivity index (χ0) is 22.4. The second kappa shape index (κ2) is 9.93. The molecule has 1 heterocycles. The summed E-state index contributed by atoms with van der Waals surface area (Å²) in [5.41, 5.74) is 1.69. The van der Waals surface area contributed by atoms with Crippen LogP contribution in [-0.4, -0.2) is 41.9 Å². The number of carbonyl (C=O) groups is 3. The van der Waals surface area contributed by atoms with Gasteiger partial charge in [-0.2, -0.15) is 0 Å². The van der Waals surface area contributed by atoms with Crippen molar-refractivity contribution in [3.8, 4) is 5.75 Å². The van der Waals surface area contributed by atoms with Crippen LogP contribution >= 0.6 is 0 Å². The highest BCUT2D eigenvalue weighted by atomic mass is 16.5. The average molecular weight is 422 g/mol. The van der Waals surface area contributed by atoms with Crippen molar-refractivity contribution in [2.45, 2.75) is 26.8 Å². The van der Waals surface area contributed by atoms with E-state index in [1.807, 2.05) is 31.2 Å². The minimum Gasteiger partial charge on any atom is -0.494 e. The number of rotatable bonds is 9. The molecule has 1 unspecified atom stereocenters. The van der Waals surface area contributed by atoms with E-state index in [9.17, 15) is 14.4 Å². The summed E-state index contributed by atoms with van der Waals surface area (Å²) in [4.78, 5) is 40.8. The highest BCUT2D eigenvalue weighted by Gasteiger charge is 2.27. The second-order valence-electron chi connectivity index (χ2n) is 7.43. The van der Waals surface area contributed by atoms with E-state index in [4.69, 9.17) is 9.47 Å². The molecular formula is C24H26N2O5. The van der Waals surface area contributed by atoms with Gasteiger partial charge in [0.25, 0.3) is 5.91 Å². The fourth-order valence-electron chi connectivity index (χ4n) is 3.20. The molecule has 1 amide bonds. The number of nitrogens with one attached hydrogen (secondary N) is 2. The number of esters is 1. The molecule has 0 spiro atoms. The number of ether oxygens (including phenoxy) is 2. The Hall–Kier alpha value is -3.61. The van der Waals surface area contributed by atoms with Gasteiger partial charge in [-0.05, 0) is 43.2 Å². The summed E-state index contributed by atoms with van der Waals surface area (Å²) >= 11 is 0. The van der Waals surface area contributed by atoms with Gasteiger partial charge >= 0.3 is 5.97 Å². The first-order valence-electron chi connectivity index (χ1n) is 10.2. The molecule has 0 aliphatic heterocycles. The van der Waals surface area contributed by atoms with E-state index in [0.717, 1.165) is 10.9 Å². The number of aromatic nitrogens is 1. The molecule has 2 N–H and O–H groups in total. The van der Waals surface area contributed by atoms with E-state index in [-0.39, 0.29) is 11.7 Å². The van der Waals surface area contributed by atoms with E-state index < -0.39 is 24.5 Å². The van der Waals surface area contributed by atoms with Crippen LogP contribution in [0.1, 0.15) is 41.5 Å². The summed E-state index contributed by atoms with van der Waals surface area (Å²) < 4.78 is 10.6. The van der Waals surface area contributed by atoms with E-state index in [2.05, 4.69) is 10.3 Å². The Bertz CT molecular complexity index is 1070. The maximum Gasteiger partial charge on any atom is 0.329 e. The first-order valence-corrected chi connectivity index (χ1v) is 10.2. The minimum absolute atomic E-state index is 0.220. The monoisotopic (exact) mass is 422 g/mol. The first kappa shape index (κ1) is 22.1. The number of Topliss-reactive ketones (excluding diaryl/α,β-unsaturated/α-hetero) is 1. The molecule has 0 saturated carbocycles. The van der Waals surface area contributed by atoms with Crippen molar-refractivity contribution in [2.75, 3.05) is 13.2 Å². The lowest BCUT2D eigenvalue weighted by molar-refractivity contribution is -0.145.